The van der Waals surface area contributed by atoms with Gasteiger partial charge in [0.1, 0.15) is 24.1 Å². The highest BCUT2D eigenvalue weighted by Gasteiger charge is 2.45. The Hall–Kier alpha value is -3.30. The number of ether oxygens (including phenoxy) is 1. The third-order valence-electron chi connectivity index (χ3n) is 5.63. The molecule has 0 aliphatic carbocycles. The van der Waals surface area contributed by atoms with E-state index in [4.69, 9.17) is 15.0 Å². The zero-order valence-corrected chi connectivity index (χ0v) is 20.6. The molecule has 10 nitrogen and oxygen atoms in total. The summed E-state index contributed by atoms with van der Waals surface area (Å²) in [6.45, 7) is 0.916. The van der Waals surface area contributed by atoms with Gasteiger partial charge in [0, 0.05) is 22.4 Å². The Morgan fingerprint density at radius 3 is 2.64 bits per heavy atom. The lowest BCUT2D eigenvalue weighted by molar-refractivity contribution is -0.140. The summed E-state index contributed by atoms with van der Waals surface area (Å²) in [6, 6.07) is 15.0. The van der Waals surface area contributed by atoms with Crippen molar-refractivity contribution in [1.29, 1.82) is 5.26 Å². The Morgan fingerprint density at radius 1 is 1.25 bits per heavy atom. The summed E-state index contributed by atoms with van der Waals surface area (Å²) in [5.74, 6) is -1.21. The molecule has 2 aromatic heterocycles. The minimum Gasteiger partial charge on any atom is -0.341 e. The number of nitriles is 1. The molecule has 2 heterocycles. The van der Waals surface area contributed by atoms with Crippen LogP contribution in [0.2, 0.25) is 0 Å². The van der Waals surface area contributed by atoms with E-state index in [-0.39, 0.29) is 12.1 Å². The van der Waals surface area contributed by atoms with Gasteiger partial charge >= 0.3 is 7.82 Å². The molecule has 13 heteroatoms. The molecular weight excluding hydrogens is 508 g/mol. The summed E-state index contributed by atoms with van der Waals surface area (Å²) in [6.07, 6.45) is 2.74. The van der Waals surface area contributed by atoms with Gasteiger partial charge in [-0.2, -0.15) is 10.4 Å². The zero-order chi connectivity index (χ0) is 25.8. The fourth-order valence-corrected chi connectivity index (χ4v) is 4.95. The number of thiazole rings is 1. The fraction of sp³-hybridized carbons (Fsp3) is 0.217. The molecule has 0 radical (unpaired) electrons. The number of nitrogens with zero attached hydrogens (tertiary/aromatic N) is 5. The topological polar surface area (TPSA) is 143 Å². The quantitative estimate of drug-likeness (QED) is 0.228. The van der Waals surface area contributed by atoms with Crippen molar-refractivity contribution in [3.8, 4) is 17.3 Å². The Labute approximate surface area is 209 Å². The van der Waals surface area contributed by atoms with Crippen LogP contribution >= 0.6 is 19.2 Å². The molecule has 2 aromatic carbocycles. The van der Waals surface area contributed by atoms with Crippen LogP contribution in [-0.4, -0.2) is 36.3 Å². The molecule has 4 rings (SSSR count). The van der Waals surface area contributed by atoms with E-state index < -0.39 is 32.0 Å². The van der Waals surface area contributed by atoms with Gasteiger partial charge in [-0.05, 0) is 18.2 Å². The molecule has 0 aliphatic heterocycles. The second kappa shape index (κ2) is 10.8. The fourth-order valence-electron chi connectivity index (χ4n) is 3.80. The number of rotatable bonds is 10. The van der Waals surface area contributed by atoms with Crippen LogP contribution in [-0.2, 0) is 26.0 Å². The van der Waals surface area contributed by atoms with Crippen molar-refractivity contribution in [2.75, 3.05) is 6.79 Å². The number of hydrogen-bond acceptors (Lipinski definition) is 8. The number of phosphoric ester groups is 1. The molecule has 0 saturated heterocycles. The first kappa shape index (κ1) is 25.8. The maximum absolute atomic E-state index is 15.2. The summed E-state index contributed by atoms with van der Waals surface area (Å²) in [4.78, 5) is 27.1. The molecular formula is C23H21FN5O5PS. The van der Waals surface area contributed by atoms with E-state index in [1.807, 2.05) is 5.38 Å². The second-order valence-electron chi connectivity index (χ2n) is 7.83. The third kappa shape index (κ3) is 5.74. The third-order valence-corrected chi connectivity index (χ3v) is 7.10. The summed E-state index contributed by atoms with van der Waals surface area (Å²) >= 11 is 1.32. The predicted octanol–water partition coefficient (Wildman–Crippen LogP) is 4.19. The van der Waals surface area contributed by atoms with E-state index in [9.17, 15) is 14.4 Å². The summed E-state index contributed by atoms with van der Waals surface area (Å²) in [5.41, 5.74) is 0.571. The average molecular weight is 529 g/mol. The van der Waals surface area contributed by atoms with Gasteiger partial charge in [0.2, 0.25) is 0 Å². The van der Waals surface area contributed by atoms with Gasteiger partial charge in [0.05, 0.1) is 28.9 Å². The molecule has 0 spiro atoms. The summed E-state index contributed by atoms with van der Waals surface area (Å²) in [7, 11) is -4.86. The predicted molar refractivity (Wildman–Crippen MR) is 128 cm³/mol. The van der Waals surface area contributed by atoms with E-state index in [1.165, 1.54) is 46.9 Å². The van der Waals surface area contributed by atoms with Crippen molar-refractivity contribution < 1.29 is 28.0 Å². The Morgan fingerprint density at radius 2 is 2.00 bits per heavy atom. The van der Waals surface area contributed by atoms with Crippen molar-refractivity contribution >= 4 is 19.2 Å². The normalized spacial score (nSPS) is 14.2. The van der Waals surface area contributed by atoms with Crippen molar-refractivity contribution in [2.45, 2.75) is 25.0 Å². The van der Waals surface area contributed by atoms with Crippen molar-refractivity contribution in [2.24, 2.45) is 0 Å². The van der Waals surface area contributed by atoms with Gasteiger partial charge in [-0.3, -0.25) is 4.52 Å². The molecule has 0 saturated carbocycles. The lowest BCUT2D eigenvalue weighted by atomic mass is 9.81. The highest BCUT2D eigenvalue weighted by Crippen LogP contribution is 2.45. The van der Waals surface area contributed by atoms with Crippen LogP contribution in [0.5, 0.6) is 0 Å². The van der Waals surface area contributed by atoms with Crippen molar-refractivity contribution in [3.63, 3.8) is 0 Å². The SMILES string of the molecule is C[C@@H](c1nc(-c2ccc(C#N)cc2)cs1)[C@@](Cn1cncn1)(OCOP(=O)(O)O)c1ccccc1F. The van der Waals surface area contributed by atoms with Gasteiger partial charge < -0.3 is 14.5 Å². The maximum atomic E-state index is 15.2. The van der Waals surface area contributed by atoms with Crippen LogP contribution in [0.3, 0.4) is 0 Å². The van der Waals surface area contributed by atoms with Gasteiger partial charge in [0.15, 0.2) is 6.79 Å². The molecule has 186 valence electrons. The van der Waals surface area contributed by atoms with Crippen molar-refractivity contribution in [3.05, 3.63) is 88.5 Å². The molecule has 2 N–H and O–H groups in total. The number of hydrogen-bond donors (Lipinski definition) is 2. The van der Waals surface area contributed by atoms with E-state index in [2.05, 4.69) is 20.7 Å². The van der Waals surface area contributed by atoms with Gasteiger partial charge in [0.25, 0.3) is 0 Å². The lowest BCUT2D eigenvalue weighted by Gasteiger charge is -2.38. The smallest absolute Gasteiger partial charge is 0.341 e. The van der Waals surface area contributed by atoms with Gasteiger partial charge in [-0.25, -0.2) is 23.6 Å². The van der Waals surface area contributed by atoms with Crippen LogP contribution < -0.4 is 0 Å². The highest BCUT2D eigenvalue weighted by atomic mass is 32.1. The van der Waals surface area contributed by atoms with Crippen LogP contribution in [0.15, 0.2) is 66.6 Å². The molecule has 4 aromatic rings. The first-order valence-corrected chi connectivity index (χ1v) is 13.0. The van der Waals surface area contributed by atoms with Gasteiger partial charge in [-0.1, -0.05) is 37.3 Å². The minimum absolute atomic E-state index is 0.0502. The van der Waals surface area contributed by atoms with Crippen LogP contribution in [0.25, 0.3) is 11.3 Å². The lowest BCUT2D eigenvalue weighted by Crippen LogP contribution is -2.41. The first-order valence-electron chi connectivity index (χ1n) is 10.6. The molecule has 0 unspecified atom stereocenters. The minimum atomic E-state index is -4.86. The average Bonchev–Trinajstić information content (AvgIpc) is 3.55. The second-order valence-corrected chi connectivity index (χ2v) is 9.96. The van der Waals surface area contributed by atoms with Crippen molar-refractivity contribution in [1.82, 2.24) is 19.7 Å². The summed E-state index contributed by atoms with van der Waals surface area (Å²) < 4.78 is 38.6. The standard InChI is InChI=1S/C23H21FN5O5PS/c1-16(22-28-21(11-36-22)18-8-6-17(10-25)7-9-18)23(12-29-14-26-13-27-29,33-15-34-35(30,31)32)19-4-2-3-5-20(19)24/h2-9,11,13-14,16H,12,15H2,1H3,(H2,30,31,32)/t16-,23+/m0/s1. The summed E-state index contributed by atoms with van der Waals surface area (Å²) in [5, 5.41) is 15.6. The Bertz CT molecular complexity index is 1400. The van der Waals surface area contributed by atoms with E-state index in [0.717, 1.165) is 5.56 Å². The number of aromatic nitrogens is 4. The monoisotopic (exact) mass is 529 g/mol. The van der Waals surface area contributed by atoms with Crippen LogP contribution in [0.4, 0.5) is 4.39 Å². The number of benzene rings is 2. The molecule has 0 amide bonds. The maximum Gasteiger partial charge on any atom is 0.471 e. The van der Waals surface area contributed by atoms with Crippen LogP contribution in [0.1, 0.15) is 29.0 Å². The zero-order valence-electron chi connectivity index (χ0n) is 18.9. The number of halogens is 1. The van der Waals surface area contributed by atoms with E-state index in [0.29, 0.717) is 16.3 Å². The highest BCUT2D eigenvalue weighted by molar-refractivity contribution is 7.46. The van der Waals surface area contributed by atoms with Gasteiger partial charge in [-0.15, -0.1) is 11.3 Å². The number of phosphoric acid groups is 1. The molecule has 0 bridgehead atoms. The molecule has 0 fully saturated rings. The molecule has 0 aliphatic rings. The Balaban J connectivity index is 1.78. The first-order chi connectivity index (χ1) is 17.2. The van der Waals surface area contributed by atoms with E-state index in [1.54, 1.807) is 37.3 Å². The van der Waals surface area contributed by atoms with E-state index >= 15 is 4.39 Å². The molecule has 36 heavy (non-hydrogen) atoms. The molecule has 2 atom stereocenters. The van der Waals surface area contributed by atoms with Crippen LogP contribution in [0, 0.1) is 17.1 Å². The Kier molecular flexibility index (Phi) is 7.70. The largest absolute Gasteiger partial charge is 0.471 e.